The number of esters is 1. The molecule has 2 aromatic carbocycles. The fourth-order valence-electron chi connectivity index (χ4n) is 2.52. The van der Waals surface area contributed by atoms with Gasteiger partial charge in [-0.3, -0.25) is 9.59 Å². The van der Waals surface area contributed by atoms with Crippen LogP contribution in [0.4, 0.5) is 10.1 Å². The van der Waals surface area contributed by atoms with Crippen LogP contribution in [-0.2, 0) is 14.3 Å². The number of nitrogens with one attached hydrogen (secondary N) is 2. The molecule has 8 heteroatoms. The predicted octanol–water partition coefficient (Wildman–Crippen LogP) is 3.48. The molecule has 0 radical (unpaired) electrons. The maximum absolute atomic E-state index is 13.8. The minimum absolute atomic E-state index is 0.169. The van der Waals surface area contributed by atoms with Crippen molar-refractivity contribution in [2.45, 2.75) is 24.8 Å². The molecular formula is C21H23FN2O4S. The second-order valence-electron chi connectivity index (χ2n) is 6.53. The number of rotatable bonds is 8. The van der Waals surface area contributed by atoms with E-state index in [0.717, 1.165) is 11.0 Å². The fraction of sp³-hybridized carbons (Fsp3) is 0.286. The Morgan fingerprint density at radius 2 is 1.72 bits per heavy atom. The topological polar surface area (TPSA) is 84.5 Å². The van der Waals surface area contributed by atoms with Crippen molar-refractivity contribution in [1.29, 1.82) is 0 Å². The minimum Gasteiger partial charge on any atom is -0.454 e. The summed E-state index contributed by atoms with van der Waals surface area (Å²) in [5.74, 6) is -3.00. The molecule has 0 aliphatic rings. The summed E-state index contributed by atoms with van der Waals surface area (Å²) >= 11 is 1.48. The number of hydrogen-bond donors (Lipinski definition) is 2. The van der Waals surface area contributed by atoms with Crippen molar-refractivity contribution in [3.63, 3.8) is 0 Å². The van der Waals surface area contributed by atoms with Crippen LogP contribution in [0.15, 0.2) is 53.4 Å². The Morgan fingerprint density at radius 1 is 1.07 bits per heavy atom. The van der Waals surface area contributed by atoms with Crippen molar-refractivity contribution in [1.82, 2.24) is 5.32 Å². The maximum atomic E-state index is 13.8. The molecule has 0 aromatic heterocycles. The lowest BCUT2D eigenvalue weighted by molar-refractivity contribution is -0.150. The zero-order valence-electron chi connectivity index (χ0n) is 16.4. The average Bonchev–Trinajstić information content (AvgIpc) is 2.70. The first kappa shape index (κ1) is 22.4. The number of halogens is 1. The summed E-state index contributed by atoms with van der Waals surface area (Å²) in [6.45, 7) is 2.92. The van der Waals surface area contributed by atoms with E-state index in [4.69, 9.17) is 4.74 Å². The number of amides is 2. The molecule has 2 aromatic rings. The van der Waals surface area contributed by atoms with Gasteiger partial charge < -0.3 is 15.4 Å². The molecule has 0 aliphatic heterocycles. The van der Waals surface area contributed by atoms with Gasteiger partial charge in [0.2, 0.25) is 0 Å². The number of carbonyl (C=O) groups excluding carboxylic acids is 3. The largest absolute Gasteiger partial charge is 0.454 e. The number of carbonyl (C=O) groups is 3. The Morgan fingerprint density at radius 3 is 2.38 bits per heavy atom. The summed E-state index contributed by atoms with van der Waals surface area (Å²) in [6, 6.07) is 11.7. The molecule has 0 fully saturated rings. The Balaban J connectivity index is 1.96. The van der Waals surface area contributed by atoms with Crippen LogP contribution in [0.2, 0.25) is 0 Å². The first-order valence-corrected chi connectivity index (χ1v) is 10.2. The second kappa shape index (κ2) is 10.6. The lowest BCUT2D eigenvalue weighted by atomic mass is 10.0. The van der Waals surface area contributed by atoms with Crippen LogP contribution in [0.3, 0.4) is 0 Å². The van der Waals surface area contributed by atoms with Crippen molar-refractivity contribution in [3.8, 4) is 0 Å². The van der Waals surface area contributed by atoms with E-state index in [1.54, 1.807) is 26.0 Å². The van der Waals surface area contributed by atoms with Gasteiger partial charge in [0.25, 0.3) is 11.8 Å². The van der Waals surface area contributed by atoms with Gasteiger partial charge in [0.1, 0.15) is 11.9 Å². The van der Waals surface area contributed by atoms with E-state index in [9.17, 15) is 18.8 Å². The van der Waals surface area contributed by atoms with Crippen LogP contribution < -0.4 is 10.6 Å². The van der Waals surface area contributed by atoms with Gasteiger partial charge in [0.05, 0.1) is 11.3 Å². The van der Waals surface area contributed by atoms with E-state index in [-0.39, 0.29) is 11.5 Å². The summed E-state index contributed by atoms with van der Waals surface area (Å²) in [7, 11) is 0. The van der Waals surface area contributed by atoms with Crippen LogP contribution in [0, 0.1) is 11.7 Å². The average molecular weight is 418 g/mol. The summed E-state index contributed by atoms with van der Waals surface area (Å²) in [6.07, 6.45) is 1.89. The quantitative estimate of drug-likeness (QED) is 0.506. The van der Waals surface area contributed by atoms with Crippen LogP contribution >= 0.6 is 11.8 Å². The Bertz CT molecular complexity index is 888. The molecule has 0 saturated heterocycles. The number of benzene rings is 2. The van der Waals surface area contributed by atoms with E-state index in [0.29, 0.717) is 5.69 Å². The molecule has 2 amide bonds. The molecule has 0 bridgehead atoms. The summed E-state index contributed by atoms with van der Waals surface area (Å²) < 4.78 is 18.9. The van der Waals surface area contributed by atoms with Crippen molar-refractivity contribution < 1.29 is 23.5 Å². The molecule has 0 spiro atoms. The first-order valence-electron chi connectivity index (χ1n) is 8.98. The number of para-hydroxylation sites is 1. The van der Waals surface area contributed by atoms with Gasteiger partial charge >= 0.3 is 5.97 Å². The molecule has 0 heterocycles. The number of hydrogen-bond acceptors (Lipinski definition) is 5. The third-order valence-corrected chi connectivity index (χ3v) is 4.85. The molecule has 0 unspecified atom stereocenters. The van der Waals surface area contributed by atoms with Gasteiger partial charge in [-0.25, -0.2) is 9.18 Å². The Labute approximate surface area is 173 Å². The molecule has 0 saturated carbocycles. The smallest absolute Gasteiger partial charge is 0.329 e. The SMILES string of the molecule is CSc1ccccc1NC(=O)COC(=O)[C@@H](NC(=O)c1ccccc1F)C(C)C. The van der Waals surface area contributed by atoms with Crippen LogP contribution in [0.25, 0.3) is 0 Å². The molecule has 1 atom stereocenters. The third-order valence-electron chi connectivity index (χ3n) is 4.05. The van der Waals surface area contributed by atoms with Crippen molar-refractivity contribution in [2.75, 3.05) is 18.2 Å². The van der Waals surface area contributed by atoms with Gasteiger partial charge in [-0.05, 0) is 36.4 Å². The van der Waals surface area contributed by atoms with Crippen molar-refractivity contribution >= 4 is 35.2 Å². The van der Waals surface area contributed by atoms with E-state index >= 15 is 0 Å². The molecule has 29 heavy (non-hydrogen) atoms. The molecule has 2 rings (SSSR count). The highest BCUT2D eigenvalue weighted by atomic mass is 32.2. The van der Waals surface area contributed by atoms with Gasteiger partial charge in [0, 0.05) is 4.90 Å². The van der Waals surface area contributed by atoms with E-state index < -0.39 is 36.2 Å². The zero-order valence-corrected chi connectivity index (χ0v) is 17.2. The fourth-order valence-corrected chi connectivity index (χ4v) is 3.08. The Kier molecular flexibility index (Phi) is 8.21. The third kappa shape index (κ3) is 6.32. The predicted molar refractivity (Wildman–Crippen MR) is 110 cm³/mol. The van der Waals surface area contributed by atoms with Crippen LogP contribution in [-0.4, -0.2) is 36.7 Å². The lowest BCUT2D eigenvalue weighted by Crippen LogP contribution is -2.46. The van der Waals surface area contributed by atoms with Gasteiger partial charge in [-0.1, -0.05) is 38.1 Å². The number of anilines is 1. The second-order valence-corrected chi connectivity index (χ2v) is 7.38. The minimum atomic E-state index is -1.02. The number of ether oxygens (including phenoxy) is 1. The molecular weight excluding hydrogens is 395 g/mol. The molecule has 2 N–H and O–H groups in total. The zero-order chi connectivity index (χ0) is 21.4. The normalized spacial score (nSPS) is 11.6. The summed E-state index contributed by atoms with van der Waals surface area (Å²) in [5, 5.41) is 5.16. The standard InChI is InChI=1S/C21H23FN2O4S/c1-13(2)19(24-20(26)14-8-4-5-9-15(14)22)21(27)28-12-18(25)23-16-10-6-7-11-17(16)29-3/h4-11,13,19H,12H2,1-3H3,(H,23,25)(H,24,26)/t19-/m0/s1. The van der Waals surface area contributed by atoms with E-state index in [2.05, 4.69) is 10.6 Å². The van der Waals surface area contributed by atoms with Gasteiger partial charge in [-0.15, -0.1) is 11.8 Å². The molecule has 154 valence electrons. The van der Waals surface area contributed by atoms with E-state index in [1.165, 1.54) is 30.0 Å². The maximum Gasteiger partial charge on any atom is 0.329 e. The lowest BCUT2D eigenvalue weighted by Gasteiger charge is -2.21. The monoisotopic (exact) mass is 418 g/mol. The van der Waals surface area contributed by atoms with Gasteiger partial charge in [0.15, 0.2) is 6.61 Å². The van der Waals surface area contributed by atoms with Crippen LogP contribution in [0.1, 0.15) is 24.2 Å². The highest BCUT2D eigenvalue weighted by molar-refractivity contribution is 7.98. The van der Waals surface area contributed by atoms with Gasteiger partial charge in [-0.2, -0.15) is 0 Å². The summed E-state index contributed by atoms with van der Waals surface area (Å²) in [4.78, 5) is 37.7. The highest BCUT2D eigenvalue weighted by Gasteiger charge is 2.27. The highest BCUT2D eigenvalue weighted by Crippen LogP contribution is 2.24. The first-order chi connectivity index (χ1) is 13.8. The van der Waals surface area contributed by atoms with Crippen molar-refractivity contribution in [2.24, 2.45) is 5.92 Å². The van der Waals surface area contributed by atoms with Crippen LogP contribution in [0.5, 0.6) is 0 Å². The molecule has 0 aliphatic carbocycles. The Hall–Kier alpha value is -2.87. The van der Waals surface area contributed by atoms with Crippen molar-refractivity contribution in [3.05, 3.63) is 59.9 Å². The number of thioether (sulfide) groups is 1. The van der Waals surface area contributed by atoms with E-state index in [1.807, 2.05) is 18.4 Å². The summed E-state index contributed by atoms with van der Waals surface area (Å²) in [5.41, 5.74) is 0.451. The molecule has 6 nitrogen and oxygen atoms in total.